The van der Waals surface area contributed by atoms with E-state index in [1.165, 1.54) is 23.5 Å². The summed E-state index contributed by atoms with van der Waals surface area (Å²) in [5.74, 6) is -1.27. The van der Waals surface area contributed by atoms with E-state index in [-0.39, 0.29) is 11.4 Å². The van der Waals surface area contributed by atoms with Crippen LogP contribution in [0, 0.1) is 5.82 Å². The molecule has 0 bridgehead atoms. The van der Waals surface area contributed by atoms with Crippen LogP contribution in [0.25, 0.3) is 10.4 Å². The molecule has 0 aliphatic rings. The van der Waals surface area contributed by atoms with Crippen LogP contribution in [0.4, 0.5) is 4.39 Å². The summed E-state index contributed by atoms with van der Waals surface area (Å²) in [6.45, 7) is 0. The topological polar surface area (TPSA) is 58.2 Å². The molecular formula is C18H12ClFN2O2S. The molecule has 0 fully saturated rings. The van der Waals surface area contributed by atoms with E-state index in [1.54, 1.807) is 48.5 Å². The lowest BCUT2D eigenvalue weighted by molar-refractivity contribution is 0.0849. The Morgan fingerprint density at radius 2 is 1.56 bits per heavy atom. The number of hydrogen-bond donors (Lipinski definition) is 2. The summed E-state index contributed by atoms with van der Waals surface area (Å²) in [6, 6.07) is 15.9. The van der Waals surface area contributed by atoms with Gasteiger partial charge in [-0.05, 0) is 42.0 Å². The first-order chi connectivity index (χ1) is 12.0. The molecule has 0 unspecified atom stereocenters. The maximum absolute atomic E-state index is 13.0. The van der Waals surface area contributed by atoms with Gasteiger partial charge in [-0.25, -0.2) is 4.39 Å². The van der Waals surface area contributed by atoms with Gasteiger partial charge in [0.15, 0.2) is 0 Å². The Morgan fingerprint density at radius 1 is 0.880 bits per heavy atom. The van der Waals surface area contributed by atoms with Crippen molar-refractivity contribution in [2.24, 2.45) is 0 Å². The van der Waals surface area contributed by atoms with Gasteiger partial charge in [-0.1, -0.05) is 35.9 Å². The number of amides is 2. The fraction of sp³-hybridized carbons (Fsp3) is 0. The number of carbonyl (C=O) groups excluding carboxylic acids is 2. The molecule has 4 nitrogen and oxygen atoms in total. The van der Waals surface area contributed by atoms with Gasteiger partial charge in [0.25, 0.3) is 11.8 Å². The van der Waals surface area contributed by atoms with Crippen molar-refractivity contribution in [3.8, 4) is 10.4 Å². The maximum Gasteiger partial charge on any atom is 0.279 e. The molecule has 0 saturated heterocycles. The van der Waals surface area contributed by atoms with Crippen LogP contribution < -0.4 is 10.9 Å². The van der Waals surface area contributed by atoms with Crippen molar-refractivity contribution in [1.29, 1.82) is 0 Å². The van der Waals surface area contributed by atoms with E-state index < -0.39 is 11.8 Å². The number of benzene rings is 2. The predicted octanol–water partition coefficient (Wildman–Crippen LogP) is 4.28. The fourth-order valence-corrected chi connectivity index (χ4v) is 3.25. The lowest BCUT2D eigenvalue weighted by Crippen LogP contribution is -2.41. The molecule has 2 N–H and O–H groups in total. The second kappa shape index (κ2) is 7.46. The smallest absolute Gasteiger partial charge is 0.267 e. The summed E-state index contributed by atoms with van der Waals surface area (Å²) in [4.78, 5) is 25.4. The first kappa shape index (κ1) is 17.1. The highest BCUT2D eigenvalue weighted by Crippen LogP contribution is 2.28. The molecule has 2 aromatic carbocycles. The van der Waals surface area contributed by atoms with Crippen LogP contribution >= 0.6 is 22.9 Å². The average Bonchev–Trinajstić information content (AvgIpc) is 3.10. The molecule has 0 saturated carbocycles. The fourth-order valence-electron chi connectivity index (χ4n) is 2.12. The summed E-state index contributed by atoms with van der Waals surface area (Å²) in [5.41, 5.74) is 5.76. The molecule has 0 spiro atoms. The lowest BCUT2D eigenvalue weighted by atomic mass is 10.2. The van der Waals surface area contributed by atoms with Crippen LogP contribution in [0.5, 0.6) is 0 Å². The molecule has 0 atom stereocenters. The number of carbonyl (C=O) groups is 2. The second-order valence-electron chi connectivity index (χ2n) is 5.06. The van der Waals surface area contributed by atoms with Crippen molar-refractivity contribution in [3.05, 3.63) is 81.9 Å². The summed E-state index contributed by atoms with van der Waals surface area (Å²) in [7, 11) is 0. The van der Waals surface area contributed by atoms with Crippen molar-refractivity contribution in [1.82, 2.24) is 10.9 Å². The molecule has 1 aromatic heterocycles. The van der Waals surface area contributed by atoms with Gasteiger partial charge in [0, 0.05) is 4.88 Å². The minimum Gasteiger partial charge on any atom is -0.267 e. The normalized spacial score (nSPS) is 10.3. The second-order valence-corrected chi connectivity index (χ2v) is 6.55. The zero-order valence-corrected chi connectivity index (χ0v) is 14.3. The van der Waals surface area contributed by atoms with E-state index in [1.807, 2.05) is 0 Å². The van der Waals surface area contributed by atoms with Crippen LogP contribution in [0.15, 0.2) is 60.7 Å². The predicted molar refractivity (Wildman–Crippen MR) is 96.1 cm³/mol. The van der Waals surface area contributed by atoms with Crippen molar-refractivity contribution in [3.63, 3.8) is 0 Å². The van der Waals surface area contributed by atoms with E-state index >= 15 is 0 Å². The molecule has 2 amide bonds. The Hall–Kier alpha value is -2.70. The Kier molecular flexibility index (Phi) is 5.11. The molecule has 3 aromatic rings. The third-order valence-corrected chi connectivity index (χ3v) is 4.83. The summed E-state index contributed by atoms with van der Waals surface area (Å²) < 4.78 is 13.0. The van der Waals surface area contributed by atoms with Gasteiger partial charge in [-0.2, -0.15) is 0 Å². The average molecular weight is 375 g/mol. The van der Waals surface area contributed by atoms with Crippen molar-refractivity contribution in [2.45, 2.75) is 0 Å². The Labute approximate surface area is 152 Å². The third-order valence-electron chi connectivity index (χ3n) is 3.37. The quantitative estimate of drug-likeness (QED) is 0.672. The molecule has 3 rings (SSSR count). The van der Waals surface area contributed by atoms with Crippen molar-refractivity contribution in [2.75, 3.05) is 0 Å². The highest BCUT2D eigenvalue weighted by atomic mass is 35.5. The monoisotopic (exact) mass is 374 g/mol. The van der Waals surface area contributed by atoms with Crippen LogP contribution in [0.2, 0.25) is 5.02 Å². The molecule has 0 aliphatic heterocycles. The lowest BCUT2D eigenvalue weighted by Gasteiger charge is -2.07. The molecule has 7 heteroatoms. The van der Waals surface area contributed by atoms with Gasteiger partial charge in [0.1, 0.15) is 5.82 Å². The third kappa shape index (κ3) is 4.04. The zero-order chi connectivity index (χ0) is 17.8. The SMILES string of the molecule is O=C(NNC(=O)c1ccccc1Cl)c1ccc(-c2ccc(F)cc2)s1. The Balaban J connectivity index is 1.65. The number of halogens is 2. The minimum absolute atomic E-state index is 0.266. The summed E-state index contributed by atoms with van der Waals surface area (Å²) in [5, 5.41) is 0.295. The molecule has 0 aliphatic carbocycles. The summed E-state index contributed by atoms with van der Waals surface area (Å²) in [6.07, 6.45) is 0. The van der Waals surface area contributed by atoms with Crippen molar-refractivity contribution < 1.29 is 14.0 Å². The van der Waals surface area contributed by atoms with Gasteiger partial charge in [-0.3, -0.25) is 20.4 Å². The molecule has 0 radical (unpaired) electrons. The van der Waals surface area contributed by atoms with Crippen LogP contribution in [0.1, 0.15) is 20.0 Å². The standard InChI is InChI=1S/C18H12ClFN2O2S/c19-14-4-2-1-3-13(14)17(23)21-22-18(24)16-10-9-15(25-16)11-5-7-12(20)8-6-11/h1-10H,(H,21,23)(H,22,24). The van der Waals surface area contributed by atoms with Crippen LogP contribution in [-0.4, -0.2) is 11.8 Å². The van der Waals surface area contributed by atoms with E-state index in [4.69, 9.17) is 11.6 Å². The summed E-state index contributed by atoms with van der Waals surface area (Å²) >= 11 is 7.17. The van der Waals surface area contributed by atoms with Gasteiger partial charge in [0.2, 0.25) is 0 Å². The Morgan fingerprint density at radius 3 is 2.28 bits per heavy atom. The number of hydrogen-bond acceptors (Lipinski definition) is 3. The van der Waals surface area contributed by atoms with Crippen LogP contribution in [0.3, 0.4) is 0 Å². The highest BCUT2D eigenvalue weighted by Gasteiger charge is 2.13. The number of rotatable bonds is 3. The number of thiophene rings is 1. The van der Waals surface area contributed by atoms with Gasteiger partial charge in [-0.15, -0.1) is 11.3 Å². The molecule has 126 valence electrons. The van der Waals surface area contributed by atoms with E-state index in [0.717, 1.165) is 10.4 Å². The van der Waals surface area contributed by atoms with Gasteiger partial charge < -0.3 is 0 Å². The zero-order valence-electron chi connectivity index (χ0n) is 12.8. The van der Waals surface area contributed by atoms with Crippen molar-refractivity contribution >= 4 is 34.8 Å². The van der Waals surface area contributed by atoms with Gasteiger partial charge in [0.05, 0.1) is 15.5 Å². The first-order valence-corrected chi connectivity index (χ1v) is 8.45. The molecule has 1 heterocycles. The Bertz CT molecular complexity index is 925. The largest absolute Gasteiger partial charge is 0.279 e. The van der Waals surface area contributed by atoms with E-state index in [2.05, 4.69) is 10.9 Å². The maximum atomic E-state index is 13.0. The van der Waals surface area contributed by atoms with E-state index in [9.17, 15) is 14.0 Å². The number of hydrazine groups is 1. The minimum atomic E-state index is -0.505. The van der Waals surface area contributed by atoms with Crippen LogP contribution in [-0.2, 0) is 0 Å². The van der Waals surface area contributed by atoms with Gasteiger partial charge >= 0.3 is 0 Å². The highest BCUT2D eigenvalue weighted by molar-refractivity contribution is 7.17. The first-order valence-electron chi connectivity index (χ1n) is 7.25. The molecular weight excluding hydrogens is 363 g/mol. The van der Waals surface area contributed by atoms with E-state index in [0.29, 0.717) is 9.90 Å². The number of nitrogens with one attached hydrogen (secondary N) is 2. The molecule has 25 heavy (non-hydrogen) atoms.